The van der Waals surface area contributed by atoms with E-state index >= 15 is 0 Å². The van der Waals surface area contributed by atoms with Gasteiger partial charge >= 0.3 is 23.9 Å². The summed E-state index contributed by atoms with van der Waals surface area (Å²) in [6.45, 7) is 4.60. The number of hydrogen-bond donors (Lipinski definition) is 6. The van der Waals surface area contributed by atoms with Crippen molar-refractivity contribution in [3.63, 3.8) is 0 Å². The minimum absolute atomic E-state index is 0.176. The van der Waals surface area contributed by atoms with Crippen molar-refractivity contribution in [1.82, 2.24) is 0 Å². The predicted molar refractivity (Wildman–Crippen MR) is 64.1 cm³/mol. The number of nitrogens with two attached hydrogens (primary N) is 3. The first-order chi connectivity index (χ1) is 8.41. The predicted octanol–water partition coefficient (Wildman–Crippen LogP) is -1.46. The van der Waals surface area contributed by atoms with E-state index in [-0.39, 0.29) is 5.57 Å². The van der Waals surface area contributed by atoms with E-state index in [0.29, 0.717) is 0 Å². The SMILES string of the molecule is C=C(C)C(=O)O.NC(CC(=O)O)C(=O)O.NC(N)=O. The van der Waals surface area contributed by atoms with Crippen LogP contribution in [0.2, 0.25) is 0 Å². The van der Waals surface area contributed by atoms with E-state index < -0.39 is 36.4 Å². The van der Waals surface area contributed by atoms with Crippen LogP contribution in [0.15, 0.2) is 12.2 Å². The summed E-state index contributed by atoms with van der Waals surface area (Å²) >= 11 is 0. The molecule has 19 heavy (non-hydrogen) atoms. The maximum Gasteiger partial charge on any atom is 0.330 e. The van der Waals surface area contributed by atoms with Gasteiger partial charge in [0.1, 0.15) is 6.04 Å². The van der Waals surface area contributed by atoms with Crippen LogP contribution in [0.25, 0.3) is 0 Å². The number of primary amides is 2. The van der Waals surface area contributed by atoms with E-state index in [1.807, 2.05) is 0 Å². The highest BCUT2D eigenvalue weighted by molar-refractivity contribution is 5.84. The van der Waals surface area contributed by atoms with Gasteiger partial charge in [-0.15, -0.1) is 0 Å². The third-order valence-corrected chi connectivity index (χ3v) is 1.08. The summed E-state index contributed by atoms with van der Waals surface area (Å²) in [5.41, 5.74) is 13.5. The molecule has 0 aromatic rings. The van der Waals surface area contributed by atoms with Crippen LogP contribution in [0.1, 0.15) is 13.3 Å². The van der Waals surface area contributed by atoms with Crippen molar-refractivity contribution in [2.75, 3.05) is 0 Å². The molecule has 0 aromatic carbocycles. The van der Waals surface area contributed by atoms with E-state index in [1.54, 1.807) is 0 Å². The molecule has 1 unspecified atom stereocenters. The minimum Gasteiger partial charge on any atom is -0.481 e. The average Bonchev–Trinajstić information content (AvgIpc) is 2.15. The molecule has 10 nitrogen and oxygen atoms in total. The largest absolute Gasteiger partial charge is 0.481 e. The molecular weight excluding hydrogens is 262 g/mol. The van der Waals surface area contributed by atoms with Crippen LogP contribution in [0.3, 0.4) is 0 Å². The van der Waals surface area contributed by atoms with Crippen LogP contribution in [0.4, 0.5) is 4.79 Å². The Labute approximate surface area is 108 Å². The fourth-order valence-electron chi connectivity index (χ4n) is 0.275. The Morgan fingerprint density at radius 1 is 1.11 bits per heavy atom. The highest BCUT2D eigenvalue weighted by Crippen LogP contribution is 1.86. The molecule has 9 N–H and O–H groups in total. The number of hydrogen-bond acceptors (Lipinski definition) is 5. The summed E-state index contributed by atoms with van der Waals surface area (Å²) in [6, 6.07) is -2.12. The van der Waals surface area contributed by atoms with Crippen molar-refractivity contribution in [2.24, 2.45) is 17.2 Å². The van der Waals surface area contributed by atoms with Crippen LogP contribution < -0.4 is 17.2 Å². The van der Waals surface area contributed by atoms with Crippen molar-refractivity contribution in [3.8, 4) is 0 Å². The van der Waals surface area contributed by atoms with Gasteiger partial charge in [0.25, 0.3) is 0 Å². The second kappa shape index (κ2) is 11.9. The van der Waals surface area contributed by atoms with Crippen molar-refractivity contribution >= 4 is 23.9 Å². The Morgan fingerprint density at radius 2 is 1.37 bits per heavy atom. The molecule has 0 saturated heterocycles. The lowest BCUT2D eigenvalue weighted by Crippen LogP contribution is -2.32. The molecule has 0 fully saturated rings. The van der Waals surface area contributed by atoms with E-state index in [2.05, 4.69) is 18.0 Å². The summed E-state index contributed by atoms with van der Waals surface area (Å²) in [6.07, 6.45) is -0.532. The molecule has 0 aromatic heterocycles. The van der Waals surface area contributed by atoms with Gasteiger partial charge in [0.15, 0.2) is 0 Å². The zero-order valence-corrected chi connectivity index (χ0v) is 10.2. The highest BCUT2D eigenvalue weighted by atomic mass is 16.4. The minimum atomic E-state index is -1.29. The molecule has 2 amide bonds. The van der Waals surface area contributed by atoms with Gasteiger partial charge < -0.3 is 32.5 Å². The van der Waals surface area contributed by atoms with Gasteiger partial charge in [-0.1, -0.05) is 6.58 Å². The standard InChI is InChI=1S/C4H7NO4.C4H6O2.CH4N2O/c5-2(4(8)9)1-3(6)7;1-3(2)4(5)6;2-1(3)4/h2H,1,5H2,(H,6,7)(H,8,9);1H2,2H3,(H,5,6);(H4,2,3,4). The molecule has 1 atom stereocenters. The Balaban J connectivity index is -0.000000222. The molecule has 0 aliphatic carbocycles. The van der Waals surface area contributed by atoms with Gasteiger partial charge in [-0.2, -0.15) is 0 Å². The van der Waals surface area contributed by atoms with Gasteiger partial charge in [-0.3, -0.25) is 9.59 Å². The van der Waals surface area contributed by atoms with Gasteiger partial charge in [-0.05, 0) is 6.92 Å². The number of carbonyl (C=O) groups excluding carboxylic acids is 1. The Kier molecular flexibility index (Phi) is 13.5. The molecule has 0 aliphatic heterocycles. The molecule has 0 heterocycles. The second-order valence-corrected chi connectivity index (χ2v) is 3.03. The summed E-state index contributed by atoms with van der Waals surface area (Å²) in [5, 5.41) is 23.9. The zero-order valence-electron chi connectivity index (χ0n) is 10.2. The van der Waals surface area contributed by atoms with E-state index in [4.69, 9.17) is 25.8 Å². The van der Waals surface area contributed by atoms with Crippen LogP contribution >= 0.6 is 0 Å². The molecule has 0 bridgehead atoms. The molecular formula is C9H17N3O7. The molecule has 110 valence electrons. The van der Waals surface area contributed by atoms with Crippen LogP contribution in [0, 0.1) is 0 Å². The molecule has 0 radical (unpaired) electrons. The van der Waals surface area contributed by atoms with Crippen LogP contribution in [0.5, 0.6) is 0 Å². The van der Waals surface area contributed by atoms with Gasteiger partial charge in [-0.25, -0.2) is 9.59 Å². The summed E-state index contributed by atoms with van der Waals surface area (Å²) in [7, 11) is 0. The lowest BCUT2D eigenvalue weighted by atomic mass is 10.2. The lowest BCUT2D eigenvalue weighted by molar-refractivity contribution is -0.144. The summed E-state index contributed by atoms with van der Waals surface area (Å²) in [4.78, 5) is 38.2. The quantitative estimate of drug-likeness (QED) is 0.334. The Hall–Kier alpha value is -2.62. The molecule has 0 spiro atoms. The van der Waals surface area contributed by atoms with Gasteiger partial charge in [0.2, 0.25) is 0 Å². The maximum atomic E-state index is 9.85. The number of carboxylic acids is 3. The van der Waals surface area contributed by atoms with Crippen LogP contribution in [-0.2, 0) is 14.4 Å². The van der Waals surface area contributed by atoms with E-state index in [1.165, 1.54) is 6.92 Å². The fraction of sp³-hybridized carbons (Fsp3) is 0.333. The first kappa shape index (κ1) is 21.6. The third-order valence-electron chi connectivity index (χ3n) is 1.08. The number of urea groups is 1. The smallest absolute Gasteiger partial charge is 0.330 e. The monoisotopic (exact) mass is 279 g/mol. The first-order valence-corrected chi connectivity index (χ1v) is 4.55. The van der Waals surface area contributed by atoms with Crippen molar-refractivity contribution in [2.45, 2.75) is 19.4 Å². The second-order valence-electron chi connectivity index (χ2n) is 3.03. The van der Waals surface area contributed by atoms with E-state index in [0.717, 1.165) is 0 Å². The molecule has 10 heteroatoms. The number of amides is 2. The third kappa shape index (κ3) is 31.3. The van der Waals surface area contributed by atoms with Crippen LogP contribution in [-0.4, -0.2) is 45.3 Å². The molecule has 0 aliphatic rings. The normalized spacial score (nSPS) is 9.58. The zero-order chi connectivity index (χ0) is 16.2. The fourth-order valence-corrected chi connectivity index (χ4v) is 0.275. The number of aliphatic carboxylic acids is 3. The average molecular weight is 279 g/mol. The number of carboxylic acid groups (broad SMARTS) is 3. The number of rotatable bonds is 4. The highest BCUT2D eigenvalue weighted by Gasteiger charge is 2.14. The van der Waals surface area contributed by atoms with E-state index in [9.17, 15) is 14.4 Å². The van der Waals surface area contributed by atoms with Crippen molar-refractivity contribution < 1.29 is 34.5 Å². The topological polar surface area (TPSA) is 207 Å². The van der Waals surface area contributed by atoms with Gasteiger partial charge in [0.05, 0.1) is 6.42 Å². The summed E-state index contributed by atoms with van der Waals surface area (Å²) < 4.78 is 0. The van der Waals surface area contributed by atoms with Crippen molar-refractivity contribution in [3.05, 3.63) is 12.2 Å². The molecule has 0 rings (SSSR count). The van der Waals surface area contributed by atoms with Crippen molar-refractivity contribution in [1.29, 1.82) is 0 Å². The first-order valence-electron chi connectivity index (χ1n) is 4.55. The summed E-state index contributed by atoms with van der Waals surface area (Å²) in [5.74, 6) is -3.43. The molecule has 0 saturated carbocycles. The van der Waals surface area contributed by atoms with Gasteiger partial charge in [0, 0.05) is 5.57 Å². The Bertz CT molecular complexity index is 338. The maximum absolute atomic E-state index is 9.85. The lowest BCUT2D eigenvalue weighted by Gasteiger charge is -1.99. The number of carbonyl (C=O) groups is 4. The Morgan fingerprint density at radius 3 is 1.42 bits per heavy atom.